The van der Waals surface area contributed by atoms with Gasteiger partial charge in [0.25, 0.3) is 5.69 Å². The topological polar surface area (TPSA) is 113 Å². The molecule has 2 aliphatic rings. The average Bonchev–Trinajstić information content (AvgIpc) is 2.95. The molecule has 0 saturated carbocycles. The highest BCUT2D eigenvalue weighted by Crippen LogP contribution is 2.49. The number of allylic oxidation sites excluding steroid dienone is 3. The summed E-state index contributed by atoms with van der Waals surface area (Å²) in [6.45, 7) is 4.04. The number of nitrogens with two attached hydrogens (primary N) is 1. The van der Waals surface area contributed by atoms with Gasteiger partial charge in [-0.3, -0.25) is 19.8 Å². The third-order valence-electron chi connectivity index (χ3n) is 7.67. The van der Waals surface area contributed by atoms with Gasteiger partial charge in [-0.2, -0.15) is 17.0 Å². The molecule has 0 amide bonds. The monoisotopic (exact) mass is 584 g/mol. The van der Waals surface area contributed by atoms with Crippen molar-refractivity contribution in [2.45, 2.75) is 50.5 Å². The Bertz CT molecular complexity index is 1660. The number of nitrogens with zero attached hydrogens (tertiary/aromatic N) is 3. The van der Waals surface area contributed by atoms with Crippen molar-refractivity contribution >= 4 is 40.5 Å². The third-order valence-corrected chi connectivity index (χ3v) is 8.96. The number of hydrogen-bond acceptors (Lipinski definition) is 7. The highest BCUT2D eigenvalue weighted by molar-refractivity contribution is 7.97. The Balaban J connectivity index is 1.63. The van der Waals surface area contributed by atoms with E-state index in [9.17, 15) is 20.2 Å². The fourth-order valence-corrected chi connectivity index (χ4v) is 6.99. The molecule has 1 aliphatic carbocycles. The van der Waals surface area contributed by atoms with Crippen LogP contribution in [0.3, 0.4) is 0 Å². The van der Waals surface area contributed by atoms with Crippen molar-refractivity contribution < 1.29 is 9.72 Å². The zero-order valence-electron chi connectivity index (χ0n) is 22.8. The second kappa shape index (κ2) is 11.8. The number of halogens is 1. The Morgan fingerprint density at radius 2 is 1.88 bits per heavy atom. The zero-order chi connectivity index (χ0) is 29.3. The molecule has 1 unspecified atom stereocenters. The van der Waals surface area contributed by atoms with Crippen LogP contribution >= 0.6 is 23.4 Å². The van der Waals surface area contributed by atoms with Gasteiger partial charge in [-0.25, -0.2) is 0 Å². The highest BCUT2D eigenvalue weighted by atomic mass is 35.5. The van der Waals surface area contributed by atoms with Crippen molar-refractivity contribution in [1.29, 1.82) is 5.26 Å². The molecular weight excluding hydrogens is 556 g/mol. The molecule has 5 rings (SSSR count). The lowest BCUT2D eigenvalue weighted by Crippen LogP contribution is -2.39. The maximum Gasteiger partial charge on any atom is 0.294 e. The van der Waals surface area contributed by atoms with Gasteiger partial charge < -0.3 is 5.73 Å². The van der Waals surface area contributed by atoms with Crippen LogP contribution in [0, 0.1) is 35.3 Å². The first-order valence-corrected chi connectivity index (χ1v) is 14.9. The smallest absolute Gasteiger partial charge is 0.294 e. The van der Waals surface area contributed by atoms with Crippen LogP contribution in [0.2, 0.25) is 5.02 Å². The number of carbonyl (C=O) groups excluding carboxylic acids is 1. The molecule has 0 aromatic heterocycles. The molecule has 0 fully saturated rings. The molecule has 208 valence electrons. The summed E-state index contributed by atoms with van der Waals surface area (Å²) in [7, 11) is 0. The quantitative estimate of drug-likeness (QED) is 0.224. The molecule has 2 N–H and O–H groups in total. The molecule has 1 atom stereocenters. The van der Waals surface area contributed by atoms with Crippen molar-refractivity contribution in [2.75, 3.05) is 4.90 Å². The number of aryl methyl sites for hydroxylation is 1. The van der Waals surface area contributed by atoms with Crippen LogP contribution in [-0.4, -0.2) is 10.7 Å². The Morgan fingerprint density at radius 1 is 1.12 bits per heavy atom. The molecule has 0 saturated heterocycles. The lowest BCUT2D eigenvalue weighted by atomic mass is 9.73. The van der Waals surface area contributed by atoms with E-state index in [4.69, 9.17) is 17.3 Å². The summed E-state index contributed by atoms with van der Waals surface area (Å²) in [5.41, 5.74) is 13.2. The first-order valence-electron chi connectivity index (χ1n) is 13.3. The third kappa shape index (κ3) is 5.48. The van der Waals surface area contributed by atoms with Crippen molar-refractivity contribution in [3.63, 3.8) is 0 Å². The van der Waals surface area contributed by atoms with Gasteiger partial charge in [-0.05, 0) is 61.1 Å². The van der Waals surface area contributed by atoms with Gasteiger partial charge in [0.05, 0.1) is 22.5 Å². The number of ketones is 1. The minimum atomic E-state index is -0.650. The Hall–Kier alpha value is -4.06. The number of benzene rings is 3. The number of thioether (sulfide) groups is 1. The van der Waals surface area contributed by atoms with Crippen LogP contribution in [0.4, 0.5) is 11.4 Å². The molecule has 0 bridgehead atoms. The largest absolute Gasteiger partial charge is 0.384 e. The van der Waals surface area contributed by atoms with E-state index in [0.29, 0.717) is 30.5 Å². The molecule has 0 spiro atoms. The van der Waals surface area contributed by atoms with Crippen LogP contribution < -0.4 is 10.6 Å². The number of rotatable bonds is 7. The van der Waals surface area contributed by atoms with Gasteiger partial charge in [0, 0.05) is 40.3 Å². The maximum atomic E-state index is 13.6. The van der Waals surface area contributed by atoms with Crippen molar-refractivity contribution in [2.24, 2.45) is 5.73 Å². The standard InChI is InChI=1S/C32H29ClN4O3S/c1-19-13-22(18-41-17-21-7-4-3-5-8-21)20(2)24(14-19)30-25(16-34)32(35)36(27-9-6-10-29(38)31(27)30)26-12-11-23(33)15-28(26)37(39)40/h3-5,7-8,11-15,30H,6,9-10,17-18,35H2,1-2H3. The normalized spacial score (nSPS) is 17.0. The Labute approximate surface area is 248 Å². The summed E-state index contributed by atoms with van der Waals surface area (Å²) in [5, 5.41) is 22.6. The van der Waals surface area contributed by atoms with Gasteiger partial charge in [0.15, 0.2) is 5.78 Å². The van der Waals surface area contributed by atoms with Crippen LogP contribution in [0.1, 0.15) is 53.0 Å². The molecule has 9 heteroatoms. The van der Waals surface area contributed by atoms with Crippen LogP contribution in [0.15, 0.2) is 83.3 Å². The van der Waals surface area contributed by atoms with E-state index in [1.54, 1.807) is 6.07 Å². The maximum absolute atomic E-state index is 13.6. The van der Waals surface area contributed by atoms with Gasteiger partial charge >= 0.3 is 0 Å². The van der Waals surface area contributed by atoms with E-state index >= 15 is 0 Å². The van der Waals surface area contributed by atoms with E-state index < -0.39 is 10.8 Å². The van der Waals surface area contributed by atoms with E-state index in [1.165, 1.54) is 22.6 Å². The van der Waals surface area contributed by atoms with Gasteiger partial charge in [0.1, 0.15) is 11.5 Å². The van der Waals surface area contributed by atoms with E-state index in [-0.39, 0.29) is 33.6 Å². The number of carbonyl (C=O) groups is 1. The Morgan fingerprint density at radius 3 is 2.59 bits per heavy atom. The molecule has 7 nitrogen and oxygen atoms in total. The SMILES string of the molecule is Cc1cc(CSCc2ccccc2)c(C)c(C2C(C#N)=C(N)N(c3ccc(Cl)cc3[N+](=O)[O-])C3=C2C(=O)CCC3)c1. The molecule has 1 heterocycles. The molecule has 3 aromatic carbocycles. The second-order valence-corrected chi connectivity index (χ2v) is 11.7. The molecular formula is C32H29ClN4O3S. The summed E-state index contributed by atoms with van der Waals surface area (Å²) in [6.07, 6.45) is 1.43. The lowest BCUT2D eigenvalue weighted by molar-refractivity contribution is -0.384. The van der Waals surface area contributed by atoms with E-state index in [0.717, 1.165) is 33.8 Å². The lowest BCUT2D eigenvalue weighted by Gasteiger charge is -2.40. The zero-order valence-corrected chi connectivity index (χ0v) is 24.4. The highest BCUT2D eigenvalue weighted by Gasteiger charge is 2.42. The summed E-state index contributed by atoms with van der Waals surface area (Å²) in [6, 6.07) is 21.1. The fraction of sp³-hybridized carbons (Fsp3) is 0.250. The first kappa shape index (κ1) is 28.5. The van der Waals surface area contributed by atoms with Crippen LogP contribution in [-0.2, 0) is 16.3 Å². The molecule has 41 heavy (non-hydrogen) atoms. The predicted octanol–water partition coefficient (Wildman–Crippen LogP) is 7.60. The van der Waals surface area contributed by atoms with Gasteiger partial charge in [0.2, 0.25) is 0 Å². The van der Waals surface area contributed by atoms with E-state index in [2.05, 4.69) is 24.3 Å². The molecule has 0 radical (unpaired) electrons. The molecule has 1 aliphatic heterocycles. The Kier molecular flexibility index (Phi) is 8.20. The van der Waals surface area contributed by atoms with Crippen LogP contribution in [0.5, 0.6) is 0 Å². The number of anilines is 1. The number of nitro benzene ring substituents is 1. The number of hydrogen-bond donors (Lipinski definition) is 1. The fourth-order valence-electron chi connectivity index (χ4n) is 5.77. The minimum Gasteiger partial charge on any atom is -0.384 e. The second-order valence-electron chi connectivity index (χ2n) is 10.3. The number of nitro groups is 1. The van der Waals surface area contributed by atoms with Gasteiger partial charge in [-0.15, -0.1) is 0 Å². The minimum absolute atomic E-state index is 0.0703. The van der Waals surface area contributed by atoms with Crippen molar-refractivity contribution in [3.05, 3.63) is 126 Å². The summed E-state index contributed by atoms with van der Waals surface area (Å²) >= 11 is 7.90. The van der Waals surface area contributed by atoms with Gasteiger partial charge in [-0.1, -0.05) is 59.6 Å². The first-order chi connectivity index (χ1) is 19.7. The van der Waals surface area contributed by atoms with E-state index in [1.807, 2.05) is 49.9 Å². The summed E-state index contributed by atoms with van der Waals surface area (Å²) < 4.78 is 0. The predicted molar refractivity (Wildman–Crippen MR) is 163 cm³/mol. The number of nitriles is 1. The molecule has 3 aromatic rings. The van der Waals surface area contributed by atoms with Crippen molar-refractivity contribution in [3.8, 4) is 6.07 Å². The van der Waals surface area contributed by atoms with Crippen molar-refractivity contribution in [1.82, 2.24) is 0 Å². The van der Waals surface area contributed by atoms with Crippen LogP contribution in [0.25, 0.3) is 0 Å². The summed E-state index contributed by atoms with van der Waals surface area (Å²) in [5.74, 6) is 1.01. The summed E-state index contributed by atoms with van der Waals surface area (Å²) in [4.78, 5) is 26.6. The average molecular weight is 585 g/mol. The number of Topliss-reactive ketones (excluding diaryl/α,β-unsaturated/α-hetero) is 1.